The summed E-state index contributed by atoms with van der Waals surface area (Å²) in [6, 6.07) is 0. The van der Waals surface area contributed by atoms with Crippen LogP contribution in [-0.4, -0.2) is 52.0 Å². The van der Waals surface area contributed by atoms with Gasteiger partial charge < -0.3 is 9.42 Å². The number of likely N-dealkylation sites (tertiary alicyclic amines) is 2. The van der Waals surface area contributed by atoms with Crippen molar-refractivity contribution in [3.63, 3.8) is 0 Å². The normalized spacial score (nSPS) is 21.8. The van der Waals surface area contributed by atoms with Crippen molar-refractivity contribution in [1.82, 2.24) is 19.9 Å². The van der Waals surface area contributed by atoms with E-state index in [1.165, 1.54) is 0 Å². The van der Waals surface area contributed by atoms with Gasteiger partial charge in [-0.05, 0) is 50.6 Å². The van der Waals surface area contributed by atoms with Crippen LogP contribution in [0.4, 0.5) is 0 Å². The number of carbonyl (C=O) groups is 1. The molecule has 0 atom stereocenters. The molecular weight excluding hydrogens is 304 g/mol. The van der Waals surface area contributed by atoms with Crippen LogP contribution in [0, 0.1) is 11.3 Å². The first-order valence-corrected chi connectivity index (χ1v) is 9.31. The van der Waals surface area contributed by atoms with Gasteiger partial charge in [0.05, 0.1) is 6.54 Å². The van der Waals surface area contributed by atoms with Gasteiger partial charge in [-0.3, -0.25) is 9.69 Å². The fourth-order valence-electron chi connectivity index (χ4n) is 3.97. The molecule has 0 aromatic carbocycles. The van der Waals surface area contributed by atoms with Crippen LogP contribution in [0.2, 0.25) is 0 Å². The van der Waals surface area contributed by atoms with Crippen molar-refractivity contribution in [2.45, 2.75) is 59.4 Å². The fourth-order valence-corrected chi connectivity index (χ4v) is 3.97. The molecule has 134 valence electrons. The van der Waals surface area contributed by atoms with Crippen LogP contribution in [0.1, 0.15) is 58.2 Å². The Morgan fingerprint density at radius 3 is 2.67 bits per heavy atom. The zero-order chi connectivity index (χ0) is 17.2. The average Bonchev–Trinajstić information content (AvgIpc) is 2.98. The van der Waals surface area contributed by atoms with Crippen molar-refractivity contribution >= 4 is 5.91 Å². The van der Waals surface area contributed by atoms with Crippen LogP contribution >= 0.6 is 0 Å². The largest absolute Gasteiger partial charge is 0.342 e. The molecule has 1 aromatic heterocycles. The van der Waals surface area contributed by atoms with Crippen LogP contribution in [0.3, 0.4) is 0 Å². The molecule has 0 saturated carbocycles. The summed E-state index contributed by atoms with van der Waals surface area (Å²) in [7, 11) is 0. The third-order valence-electron chi connectivity index (χ3n) is 5.50. The molecule has 0 radical (unpaired) electrons. The first-order valence-electron chi connectivity index (χ1n) is 9.31. The van der Waals surface area contributed by atoms with Crippen molar-refractivity contribution < 1.29 is 9.32 Å². The Hall–Kier alpha value is -1.43. The number of hydrogen-bond donors (Lipinski definition) is 0. The number of piperidine rings is 2. The highest BCUT2D eigenvalue weighted by atomic mass is 16.5. The highest BCUT2D eigenvalue weighted by Gasteiger charge is 2.40. The van der Waals surface area contributed by atoms with Gasteiger partial charge in [0.1, 0.15) is 0 Å². The Bertz CT molecular complexity index is 561. The molecule has 6 heteroatoms. The molecule has 1 amide bonds. The monoisotopic (exact) mass is 334 g/mol. The standard InChI is InChI=1S/C18H30N4O2/c1-4-22-13-18(6-5-17(22)23)7-9-21(10-8-18)12-15-19-16(24-20-15)11-14(2)3/h14H,4-13H2,1-3H3. The summed E-state index contributed by atoms with van der Waals surface area (Å²) in [5, 5.41) is 4.12. The molecule has 3 heterocycles. The topological polar surface area (TPSA) is 62.5 Å². The predicted octanol–water partition coefficient (Wildman–Crippen LogP) is 2.49. The van der Waals surface area contributed by atoms with Gasteiger partial charge in [0, 0.05) is 25.9 Å². The third-order valence-corrected chi connectivity index (χ3v) is 5.50. The van der Waals surface area contributed by atoms with Crippen molar-refractivity contribution in [2.75, 3.05) is 26.2 Å². The molecule has 6 nitrogen and oxygen atoms in total. The van der Waals surface area contributed by atoms with E-state index >= 15 is 0 Å². The van der Waals surface area contributed by atoms with Crippen molar-refractivity contribution in [2.24, 2.45) is 11.3 Å². The number of aromatic nitrogens is 2. The molecule has 2 fully saturated rings. The Kier molecular flexibility index (Phi) is 5.23. The molecule has 1 spiro atoms. The molecule has 0 N–H and O–H groups in total. The maximum Gasteiger partial charge on any atom is 0.226 e. The molecule has 0 unspecified atom stereocenters. The SMILES string of the molecule is CCN1CC2(CCC1=O)CCN(Cc1noc(CC(C)C)n1)CC2. The van der Waals surface area contributed by atoms with Gasteiger partial charge in [0.2, 0.25) is 11.8 Å². The van der Waals surface area contributed by atoms with E-state index in [9.17, 15) is 4.79 Å². The van der Waals surface area contributed by atoms with Gasteiger partial charge in [-0.25, -0.2) is 0 Å². The third kappa shape index (κ3) is 3.97. The fraction of sp³-hybridized carbons (Fsp3) is 0.833. The van der Waals surface area contributed by atoms with Gasteiger partial charge in [-0.2, -0.15) is 4.98 Å². The van der Waals surface area contributed by atoms with Crippen molar-refractivity contribution in [3.8, 4) is 0 Å². The van der Waals surface area contributed by atoms with Crippen molar-refractivity contribution in [3.05, 3.63) is 11.7 Å². The minimum Gasteiger partial charge on any atom is -0.342 e. The lowest BCUT2D eigenvalue weighted by molar-refractivity contribution is -0.138. The van der Waals surface area contributed by atoms with E-state index in [0.717, 1.165) is 76.5 Å². The second-order valence-corrected chi connectivity index (χ2v) is 7.89. The van der Waals surface area contributed by atoms with Gasteiger partial charge in [-0.15, -0.1) is 0 Å². The number of amides is 1. The first kappa shape index (κ1) is 17.4. The lowest BCUT2D eigenvalue weighted by Crippen LogP contribution is -2.51. The zero-order valence-electron chi connectivity index (χ0n) is 15.3. The number of hydrogen-bond acceptors (Lipinski definition) is 5. The summed E-state index contributed by atoms with van der Waals surface area (Å²) < 4.78 is 5.34. The molecule has 24 heavy (non-hydrogen) atoms. The smallest absolute Gasteiger partial charge is 0.226 e. The quantitative estimate of drug-likeness (QED) is 0.828. The minimum absolute atomic E-state index is 0.329. The first-order chi connectivity index (χ1) is 11.5. The van der Waals surface area contributed by atoms with Crippen molar-refractivity contribution in [1.29, 1.82) is 0 Å². The predicted molar refractivity (Wildman–Crippen MR) is 91.3 cm³/mol. The van der Waals surface area contributed by atoms with Gasteiger partial charge in [-0.1, -0.05) is 19.0 Å². The summed E-state index contributed by atoms with van der Waals surface area (Å²) in [6.45, 7) is 11.1. The molecule has 3 rings (SSSR count). The Labute approximate surface area is 144 Å². The number of rotatable bonds is 5. The molecule has 2 aliphatic rings. The van der Waals surface area contributed by atoms with Crippen LogP contribution in [0.5, 0.6) is 0 Å². The van der Waals surface area contributed by atoms with Crippen LogP contribution in [-0.2, 0) is 17.8 Å². The van der Waals surface area contributed by atoms with E-state index in [1.54, 1.807) is 0 Å². The molecular formula is C18H30N4O2. The summed E-state index contributed by atoms with van der Waals surface area (Å²) in [6.07, 6.45) is 4.94. The highest BCUT2D eigenvalue weighted by molar-refractivity contribution is 5.77. The summed E-state index contributed by atoms with van der Waals surface area (Å²) in [5.41, 5.74) is 0.334. The molecule has 0 aliphatic carbocycles. The van der Waals surface area contributed by atoms with Crippen LogP contribution in [0.15, 0.2) is 4.52 Å². The zero-order valence-corrected chi connectivity index (χ0v) is 15.3. The van der Waals surface area contributed by atoms with Gasteiger partial charge >= 0.3 is 0 Å². The van der Waals surface area contributed by atoms with E-state index in [-0.39, 0.29) is 0 Å². The Balaban J connectivity index is 1.52. The van der Waals surface area contributed by atoms with Crippen LogP contribution < -0.4 is 0 Å². The second-order valence-electron chi connectivity index (χ2n) is 7.89. The number of carbonyl (C=O) groups excluding carboxylic acids is 1. The Morgan fingerprint density at radius 1 is 1.25 bits per heavy atom. The van der Waals surface area contributed by atoms with E-state index in [0.29, 0.717) is 17.2 Å². The summed E-state index contributed by atoms with van der Waals surface area (Å²) >= 11 is 0. The summed E-state index contributed by atoms with van der Waals surface area (Å²) in [5.74, 6) is 2.41. The van der Waals surface area contributed by atoms with E-state index < -0.39 is 0 Å². The maximum absolute atomic E-state index is 11.9. The molecule has 2 saturated heterocycles. The molecule has 1 aromatic rings. The maximum atomic E-state index is 11.9. The summed E-state index contributed by atoms with van der Waals surface area (Å²) in [4.78, 5) is 20.9. The minimum atomic E-state index is 0.329. The van der Waals surface area contributed by atoms with Crippen LogP contribution in [0.25, 0.3) is 0 Å². The lowest BCUT2D eigenvalue weighted by atomic mass is 9.72. The average molecular weight is 334 g/mol. The van der Waals surface area contributed by atoms with Gasteiger partial charge in [0.15, 0.2) is 5.82 Å². The second kappa shape index (κ2) is 7.21. The molecule has 2 aliphatic heterocycles. The van der Waals surface area contributed by atoms with E-state index in [1.807, 2.05) is 4.90 Å². The van der Waals surface area contributed by atoms with E-state index in [2.05, 4.69) is 35.8 Å². The van der Waals surface area contributed by atoms with Gasteiger partial charge in [0.25, 0.3) is 0 Å². The highest BCUT2D eigenvalue weighted by Crippen LogP contribution is 2.40. The van der Waals surface area contributed by atoms with E-state index in [4.69, 9.17) is 4.52 Å². The number of nitrogens with zero attached hydrogens (tertiary/aromatic N) is 4. The lowest BCUT2D eigenvalue weighted by Gasteiger charge is -2.47. The Morgan fingerprint density at radius 2 is 2.00 bits per heavy atom. The molecule has 0 bridgehead atoms.